The summed E-state index contributed by atoms with van der Waals surface area (Å²) < 4.78 is 40.2. The Labute approximate surface area is 194 Å². The number of carbonyl (C=O) groups is 1. The Balaban J connectivity index is 1.48. The number of hydrogen-bond donors (Lipinski definition) is 0. The average Bonchev–Trinajstić information content (AvgIpc) is 3.46. The number of hydrogen-bond acceptors (Lipinski definition) is 7. The zero-order chi connectivity index (χ0) is 23.4. The largest absolute Gasteiger partial charge is 0.351 e. The molecule has 0 atom stereocenters. The summed E-state index contributed by atoms with van der Waals surface area (Å²) in [4.78, 5) is 15.0. The molecule has 1 aromatic heterocycles. The Morgan fingerprint density at radius 1 is 1.09 bits per heavy atom. The minimum absolute atomic E-state index is 0.222. The van der Waals surface area contributed by atoms with Crippen molar-refractivity contribution in [1.82, 2.24) is 19.3 Å². The van der Waals surface area contributed by atoms with E-state index in [9.17, 15) is 13.2 Å². The average molecular weight is 478 g/mol. The van der Waals surface area contributed by atoms with E-state index in [-0.39, 0.29) is 11.6 Å². The van der Waals surface area contributed by atoms with Gasteiger partial charge in [-0.1, -0.05) is 11.6 Å². The van der Waals surface area contributed by atoms with Crippen molar-refractivity contribution in [3.8, 4) is 0 Å². The van der Waals surface area contributed by atoms with Gasteiger partial charge in [-0.3, -0.25) is 4.79 Å². The molecule has 2 aliphatic heterocycles. The Hall–Kier alpha value is -2.34. The second-order valence-corrected chi connectivity index (χ2v) is 10.1. The summed E-state index contributed by atoms with van der Waals surface area (Å²) in [6, 6.07) is 5.03. The summed E-state index contributed by atoms with van der Waals surface area (Å²) in [5.74, 6) is -0.268. The molecule has 33 heavy (non-hydrogen) atoms. The second kappa shape index (κ2) is 10.3. The molecular weight excluding hydrogens is 446 g/mol. The van der Waals surface area contributed by atoms with E-state index in [2.05, 4.69) is 10.3 Å². The fourth-order valence-corrected chi connectivity index (χ4v) is 5.87. The lowest BCUT2D eigenvalue weighted by Crippen LogP contribution is -2.35. The van der Waals surface area contributed by atoms with E-state index >= 15 is 0 Å². The number of carbonyl (C=O) groups excluding carboxylic acids is 1. The molecule has 0 radical (unpaired) electrons. The number of aromatic nitrogens is 3. The van der Waals surface area contributed by atoms with Crippen LogP contribution in [-0.4, -0.2) is 72.8 Å². The number of anilines is 1. The Bertz CT molecular complexity index is 1070. The first kappa shape index (κ1) is 23.8. The van der Waals surface area contributed by atoms with Crippen LogP contribution in [0.25, 0.3) is 0 Å². The molecular formula is C22H31N5O5S. The van der Waals surface area contributed by atoms with Crippen LogP contribution in [-0.2, 0) is 32.5 Å². The van der Waals surface area contributed by atoms with Crippen LogP contribution in [0.4, 0.5) is 5.69 Å². The quantitative estimate of drug-likeness (QED) is 0.509. The Morgan fingerprint density at radius 2 is 1.82 bits per heavy atom. The van der Waals surface area contributed by atoms with Gasteiger partial charge in [0.15, 0.2) is 12.0 Å². The van der Waals surface area contributed by atoms with Gasteiger partial charge in [0, 0.05) is 38.5 Å². The van der Waals surface area contributed by atoms with Gasteiger partial charge >= 0.3 is 0 Å². The van der Waals surface area contributed by atoms with Gasteiger partial charge in [-0.15, -0.1) is 5.10 Å². The van der Waals surface area contributed by atoms with Crippen LogP contribution in [0.2, 0.25) is 0 Å². The first-order chi connectivity index (χ1) is 15.9. The summed E-state index contributed by atoms with van der Waals surface area (Å²) >= 11 is 0. The molecule has 0 bridgehead atoms. The van der Waals surface area contributed by atoms with E-state index in [4.69, 9.17) is 9.47 Å². The monoisotopic (exact) mass is 477 g/mol. The molecule has 1 fully saturated rings. The van der Waals surface area contributed by atoms with Gasteiger partial charge in [-0.25, -0.2) is 13.1 Å². The molecule has 1 amide bonds. The van der Waals surface area contributed by atoms with Crippen molar-refractivity contribution in [3.05, 3.63) is 35.7 Å². The summed E-state index contributed by atoms with van der Waals surface area (Å²) in [6.07, 6.45) is 4.56. The highest BCUT2D eigenvalue weighted by molar-refractivity contribution is 7.89. The number of benzene rings is 1. The first-order valence-electron chi connectivity index (χ1n) is 11.5. The highest BCUT2D eigenvalue weighted by Gasteiger charge is 2.31. The highest BCUT2D eigenvalue weighted by atomic mass is 32.2. The van der Waals surface area contributed by atoms with Gasteiger partial charge in [0.2, 0.25) is 10.0 Å². The topological polar surface area (TPSA) is 107 Å². The molecule has 10 nitrogen and oxygen atoms in total. The summed E-state index contributed by atoms with van der Waals surface area (Å²) in [5.41, 5.74) is 1.79. The maximum absolute atomic E-state index is 13.1. The maximum Gasteiger partial charge on any atom is 0.280 e. The predicted molar refractivity (Wildman–Crippen MR) is 121 cm³/mol. The molecule has 2 aliphatic rings. The third-order valence-electron chi connectivity index (χ3n) is 5.94. The molecule has 0 aliphatic carbocycles. The van der Waals surface area contributed by atoms with Crippen molar-refractivity contribution in [2.24, 2.45) is 0 Å². The van der Waals surface area contributed by atoms with Crippen LogP contribution < -0.4 is 4.90 Å². The molecule has 0 spiro atoms. The van der Waals surface area contributed by atoms with E-state index in [1.807, 2.05) is 13.8 Å². The van der Waals surface area contributed by atoms with E-state index < -0.39 is 16.3 Å². The summed E-state index contributed by atoms with van der Waals surface area (Å²) in [7, 11) is -3.51. The lowest BCUT2D eigenvalue weighted by molar-refractivity contribution is -0.145. The van der Waals surface area contributed by atoms with E-state index in [0.29, 0.717) is 56.4 Å². The van der Waals surface area contributed by atoms with Gasteiger partial charge < -0.3 is 14.4 Å². The van der Waals surface area contributed by atoms with Crippen molar-refractivity contribution in [2.75, 3.05) is 37.7 Å². The fraction of sp³-hybridized carbons (Fsp3) is 0.591. The van der Waals surface area contributed by atoms with Gasteiger partial charge in [0.05, 0.1) is 17.6 Å². The van der Waals surface area contributed by atoms with Crippen molar-refractivity contribution >= 4 is 21.6 Å². The third-order valence-corrected chi connectivity index (χ3v) is 7.84. The summed E-state index contributed by atoms with van der Waals surface area (Å²) in [6.45, 7) is 6.70. The number of rotatable bonds is 9. The standard InChI is InChI=1S/C22H31N5O5S/c1-3-31-21(32-4-2)16-25-15-19(23-24-25)22(28)27-13-10-17-14-18(8-9-20(17)27)33(29,30)26-11-6-5-7-12-26/h8-9,14-15,21H,3-7,10-13,16H2,1-2H3. The Morgan fingerprint density at radius 3 is 2.52 bits per heavy atom. The lowest BCUT2D eigenvalue weighted by Gasteiger charge is -2.26. The highest BCUT2D eigenvalue weighted by Crippen LogP contribution is 2.32. The number of ether oxygens (including phenoxy) is 2. The number of nitrogens with zero attached hydrogens (tertiary/aromatic N) is 5. The minimum Gasteiger partial charge on any atom is -0.351 e. The number of fused-ring (bicyclic) bond motifs is 1. The van der Waals surface area contributed by atoms with Gasteiger partial charge in [0.25, 0.3) is 5.91 Å². The zero-order valence-electron chi connectivity index (χ0n) is 19.1. The normalized spacial score (nSPS) is 17.0. The lowest BCUT2D eigenvalue weighted by atomic mass is 10.2. The molecule has 11 heteroatoms. The van der Waals surface area contributed by atoms with Gasteiger partial charge in [0.1, 0.15) is 0 Å². The van der Waals surface area contributed by atoms with Crippen LogP contribution in [0.5, 0.6) is 0 Å². The number of amides is 1. The van der Waals surface area contributed by atoms with E-state index in [0.717, 1.165) is 24.8 Å². The van der Waals surface area contributed by atoms with Crippen molar-refractivity contribution in [2.45, 2.75) is 57.3 Å². The number of sulfonamides is 1. The SMILES string of the molecule is CCOC(Cn1cc(C(=O)N2CCc3cc(S(=O)(=O)N4CCCCC4)ccc32)nn1)OCC. The molecule has 1 aromatic carbocycles. The van der Waals surface area contributed by atoms with E-state index in [1.54, 1.807) is 33.6 Å². The molecule has 0 N–H and O–H groups in total. The van der Waals surface area contributed by atoms with E-state index in [1.165, 1.54) is 4.68 Å². The van der Waals surface area contributed by atoms with Crippen LogP contribution in [0.15, 0.2) is 29.3 Å². The molecule has 1 saturated heterocycles. The predicted octanol–water partition coefficient (Wildman–Crippen LogP) is 2.05. The number of piperidine rings is 1. The van der Waals surface area contributed by atoms with Gasteiger partial charge in [-0.05, 0) is 56.9 Å². The van der Waals surface area contributed by atoms with Crippen LogP contribution in [0.1, 0.15) is 49.2 Å². The smallest absolute Gasteiger partial charge is 0.280 e. The van der Waals surface area contributed by atoms with Crippen molar-refractivity contribution in [1.29, 1.82) is 0 Å². The summed E-state index contributed by atoms with van der Waals surface area (Å²) in [5, 5.41) is 8.07. The molecule has 180 valence electrons. The first-order valence-corrected chi connectivity index (χ1v) is 13.0. The zero-order valence-corrected chi connectivity index (χ0v) is 20.0. The fourth-order valence-electron chi connectivity index (χ4n) is 4.31. The van der Waals surface area contributed by atoms with Crippen LogP contribution >= 0.6 is 0 Å². The van der Waals surface area contributed by atoms with Crippen LogP contribution in [0, 0.1) is 0 Å². The molecule has 2 aromatic rings. The maximum atomic E-state index is 13.1. The van der Waals surface area contributed by atoms with Gasteiger partial charge in [-0.2, -0.15) is 4.31 Å². The van der Waals surface area contributed by atoms with Crippen molar-refractivity contribution in [3.63, 3.8) is 0 Å². The van der Waals surface area contributed by atoms with Crippen molar-refractivity contribution < 1.29 is 22.7 Å². The molecule has 4 rings (SSSR count). The van der Waals surface area contributed by atoms with Crippen LogP contribution in [0.3, 0.4) is 0 Å². The minimum atomic E-state index is -3.51. The third kappa shape index (κ3) is 5.11. The molecule has 3 heterocycles. The Kier molecular flexibility index (Phi) is 7.42. The molecule has 0 unspecified atom stereocenters. The molecule has 0 saturated carbocycles. The second-order valence-electron chi connectivity index (χ2n) is 8.13.